The molecule has 3 atom stereocenters. The Morgan fingerprint density at radius 1 is 1.22 bits per heavy atom. The number of fused-ring (bicyclic) bond motifs is 1. The summed E-state index contributed by atoms with van der Waals surface area (Å²) in [7, 11) is 0. The number of aliphatic imine (C=N–C) groups is 1. The molecular weight excluding hydrogens is 240 g/mol. The number of amidine groups is 1. The van der Waals surface area contributed by atoms with E-state index in [-0.39, 0.29) is 0 Å². The molecule has 2 fully saturated rings. The maximum Gasteiger partial charge on any atom is 0.157 e. The number of nitrogens with zero attached hydrogens (tertiary/aromatic N) is 1. The van der Waals surface area contributed by atoms with Gasteiger partial charge in [-0.15, -0.1) is 0 Å². The topological polar surface area (TPSA) is 24.4 Å². The van der Waals surface area contributed by atoms with Crippen molar-refractivity contribution < 1.29 is 0 Å². The molecule has 1 N–H and O–H groups in total. The third kappa shape index (κ3) is 2.87. The zero-order valence-electron chi connectivity index (χ0n) is 11.7. The van der Waals surface area contributed by atoms with Gasteiger partial charge in [-0.25, -0.2) is 0 Å². The third-order valence-electron chi connectivity index (χ3n) is 4.87. The number of thioether (sulfide) groups is 1. The Hall–Kier alpha value is -0.180. The minimum atomic E-state index is 0.520. The average Bonchev–Trinajstić information content (AvgIpc) is 2.74. The first-order valence-corrected chi connectivity index (χ1v) is 8.58. The largest absolute Gasteiger partial charge is 0.362 e. The second kappa shape index (κ2) is 5.07. The Kier molecular flexibility index (Phi) is 3.61. The van der Waals surface area contributed by atoms with E-state index in [1.807, 2.05) is 11.8 Å². The van der Waals surface area contributed by atoms with Gasteiger partial charge in [-0.05, 0) is 43.4 Å². The summed E-state index contributed by atoms with van der Waals surface area (Å²) in [6, 6.07) is 1.31. The van der Waals surface area contributed by atoms with Crippen molar-refractivity contribution in [1.29, 1.82) is 0 Å². The summed E-state index contributed by atoms with van der Waals surface area (Å²) in [6.45, 7) is 4.81. The monoisotopic (exact) mass is 266 g/mol. The van der Waals surface area contributed by atoms with Gasteiger partial charge in [0.1, 0.15) is 0 Å². The van der Waals surface area contributed by atoms with E-state index in [9.17, 15) is 0 Å². The normalized spacial score (nSPS) is 39.0. The minimum absolute atomic E-state index is 0.520. The Morgan fingerprint density at radius 3 is 2.94 bits per heavy atom. The molecule has 0 amide bonds. The van der Waals surface area contributed by atoms with Crippen molar-refractivity contribution in [1.82, 2.24) is 5.32 Å². The fraction of sp³-hybridized carbons (Fsp3) is 0.933. The molecule has 1 heterocycles. The van der Waals surface area contributed by atoms with Crippen LogP contribution in [0.15, 0.2) is 4.99 Å². The lowest BCUT2D eigenvalue weighted by Crippen LogP contribution is -2.41. The van der Waals surface area contributed by atoms with Crippen molar-refractivity contribution in [3.05, 3.63) is 0 Å². The lowest BCUT2D eigenvalue weighted by Gasteiger charge is -2.37. The smallest absolute Gasteiger partial charge is 0.157 e. The Morgan fingerprint density at radius 2 is 2.11 bits per heavy atom. The fourth-order valence-corrected chi connectivity index (χ4v) is 5.05. The van der Waals surface area contributed by atoms with Crippen LogP contribution in [0.4, 0.5) is 0 Å². The van der Waals surface area contributed by atoms with Gasteiger partial charge in [-0.3, -0.25) is 4.99 Å². The SMILES string of the molecule is CC1(C)CCCC(NC2=NC3CCCC3CS2)C1. The van der Waals surface area contributed by atoms with Crippen LogP contribution in [-0.4, -0.2) is 23.0 Å². The van der Waals surface area contributed by atoms with Crippen LogP contribution in [0, 0.1) is 11.3 Å². The summed E-state index contributed by atoms with van der Waals surface area (Å²) in [4.78, 5) is 4.95. The van der Waals surface area contributed by atoms with Gasteiger partial charge < -0.3 is 5.32 Å². The van der Waals surface area contributed by atoms with Crippen LogP contribution in [0.5, 0.6) is 0 Å². The van der Waals surface area contributed by atoms with E-state index < -0.39 is 0 Å². The van der Waals surface area contributed by atoms with Gasteiger partial charge in [0.2, 0.25) is 0 Å². The number of hydrogen-bond acceptors (Lipinski definition) is 3. The summed E-state index contributed by atoms with van der Waals surface area (Å²) in [6.07, 6.45) is 9.52. The summed E-state index contributed by atoms with van der Waals surface area (Å²) >= 11 is 1.97. The fourth-order valence-electron chi connectivity index (χ4n) is 3.83. The molecule has 1 aliphatic heterocycles. The average molecular weight is 266 g/mol. The minimum Gasteiger partial charge on any atom is -0.362 e. The van der Waals surface area contributed by atoms with E-state index in [4.69, 9.17) is 4.99 Å². The van der Waals surface area contributed by atoms with E-state index in [0.29, 0.717) is 17.5 Å². The molecule has 2 aliphatic carbocycles. The van der Waals surface area contributed by atoms with Crippen LogP contribution in [0.3, 0.4) is 0 Å². The molecule has 102 valence electrons. The first-order chi connectivity index (χ1) is 8.62. The van der Waals surface area contributed by atoms with E-state index in [1.165, 1.54) is 55.9 Å². The van der Waals surface area contributed by atoms with Crippen LogP contribution in [0.1, 0.15) is 58.8 Å². The molecule has 0 bridgehead atoms. The third-order valence-corrected chi connectivity index (χ3v) is 5.96. The van der Waals surface area contributed by atoms with Gasteiger partial charge in [-0.2, -0.15) is 0 Å². The number of hydrogen-bond donors (Lipinski definition) is 1. The maximum absolute atomic E-state index is 4.95. The van der Waals surface area contributed by atoms with E-state index >= 15 is 0 Å². The molecule has 3 heteroatoms. The van der Waals surface area contributed by atoms with Crippen molar-refractivity contribution in [2.75, 3.05) is 5.75 Å². The molecule has 0 radical (unpaired) electrons. The zero-order valence-corrected chi connectivity index (χ0v) is 12.6. The second-order valence-electron chi connectivity index (χ2n) is 7.11. The molecule has 0 aromatic heterocycles. The molecule has 0 spiro atoms. The van der Waals surface area contributed by atoms with E-state index in [2.05, 4.69) is 19.2 Å². The first kappa shape index (κ1) is 12.8. The summed E-state index contributed by atoms with van der Waals surface area (Å²) in [5, 5.41) is 4.99. The predicted octanol–water partition coefficient (Wildman–Crippen LogP) is 3.82. The number of nitrogens with one attached hydrogen (secondary N) is 1. The molecule has 3 rings (SSSR count). The Balaban J connectivity index is 1.59. The Bertz CT molecular complexity index is 337. The van der Waals surface area contributed by atoms with Crippen molar-refractivity contribution >= 4 is 16.9 Å². The van der Waals surface area contributed by atoms with Crippen molar-refractivity contribution in [2.24, 2.45) is 16.3 Å². The van der Waals surface area contributed by atoms with Crippen molar-refractivity contribution in [2.45, 2.75) is 70.9 Å². The molecular formula is C15H26N2S. The van der Waals surface area contributed by atoms with E-state index in [0.717, 1.165) is 5.92 Å². The van der Waals surface area contributed by atoms with Crippen LogP contribution in [0.25, 0.3) is 0 Å². The molecule has 0 aromatic carbocycles. The predicted molar refractivity (Wildman–Crippen MR) is 80.2 cm³/mol. The van der Waals surface area contributed by atoms with Crippen molar-refractivity contribution in [3.63, 3.8) is 0 Å². The van der Waals surface area contributed by atoms with Gasteiger partial charge in [0, 0.05) is 11.8 Å². The molecule has 3 unspecified atom stereocenters. The molecule has 0 aromatic rings. The van der Waals surface area contributed by atoms with Crippen LogP contribution in [0.2, 0.25) is 0 Å². The van der Waals surface area contributed by atoms with Gasteiger partial charge in [-0.1, -0.05) is 38.5 Å². The van der Waals surface area contributed by atoms with Gasteiger partial charge in [0.15, 0.2) is 5.17 Å². The van der Waals surface area contributed by atoms with Gasteiger partial charge in [0.25, 0.3) is 0 Å². The zero-order chi connectivity index (χ0) is 12.6. The van der Waals surface area contributed by atoms with Gasteiger partial charge >= 0.3 is 0 Å². The molecule has 0 saturated heterocycles. The highest BCUT2D eigenvalue weighted by atomic mass is 32.2. The highest BCUT2D eigenvalue weighted by molar-refractivity contribution is 8.13. The van der Waals surface area contributed by atoms with Crippen LogP contribution >= 0.6 is 11.8 Å². The molecule has 3 aliphatic rings. The van der Waals surface area contributed by atoms with Crippen LogP contribution < -0.4 is 5.32 Å². The highest BCUT2D eigenvalue weighted by Gasteiger charge is 2.33. The molecule has 2 nitrogen and oxygen atoms in total. The standard InChI is InChI=1S/C15H26N2S/c1-15(2)8-4-6-12(9-15)16-14-17-13-7-3-5-11(13)10-18-14/h11-13H,3-10H2,1-2H3,(H,16,17). The molecule has 2 saturated carbocycles. The molecule has 18 heavy (non-hydrogen) atoms. The first-order valence-electron chi connectivity index (χ1n) is 7.59. The lowest BCUT2D eigenvalue weighted by molar-refractivity contribution is 0.211. The highest BCUT2D eigenvalue weighted by Crippen LogP contribution is 2.37. The van der Waals surface area contributed by atoms with Gasteiger partial charge in [0.05, 0.1) is 6.04 Å². The second-order valence-corrected chi connectivity index (χ2v) is 8.11. The van der Waals surface area contributed by atoms with Crippen LogP contribution in [-0.2, 0) is 0 Å². The van der Waals surface area contributed by atoms with E-state index in [1.54, 1.807) is 0 Å². The number of rotatable bonds is 1. The summed E-state index contributed by atoms with van der Waals surface area (Å²) in [5.74, 6) is 2.18. The van der Waals surface area contributed by atoms with Crippen molar-refractivity contribution in [3.8, 4) is 0 Å². The maximum atomic E-state index is 4.95. The quantitative estimate of drug-likeness (QED) is 0.780. The summed E-state index contributed by atoms with van der Waals surface area (Å²) < 4.78 is 0. The lowest BCUT2D eigenvalue weighted by atomic mass is 9.75. The summed E-state index contributed by atoms with van der Waals surface area (Å²) in [5.41, 5.74) is 0.520. The Labute approximate surface area is 115 Å².